The Labute approximate surface area is 187 Å². The minimum absolute atomic E-state index is 0.1000. The number of oxime groups is 1. The lowest BCUT2D eigenvalue weighted by Crippen LogP contribution is -2.65. The number of ether oxygens (including phenoxy) is 3. The number of benzene rings is 2. The van der Waals surface area contributed by atoms with Crippen LogP contribution < -0.4 is 4.74 Å². The molecule has 0 unspecified atom stereocenters. The summed E-state index contributed by atoms with van der Waals surface area (Å²) in [5.74, 6) is -0.819. The van der Waals surface area contributed by atoms with Gasteiger partial charge in [-0.25, -0.2) is 0 Å². The molecule has 2 aromatic carbocycles. The predicted molar refractivity (Wildman–Crippen MR) is 117 cm³/mol. The zero-order valence-electron chi connectivity index (χ0n) is 18.4. The Bertz CT molecular complexity index is 979. The fourth-order valence-electron chi connectivity index (χ4n) is 4.30. The average Bonchev–Trinajstić information content (AvgIpc) is 3.18. The van der Waals surface area contributed by atoms with Crippen molar-refractivity contribution in [2.75, 3.05) is 20.3 Å². The van der Waals surface area contributed by atoms with Crippen molar-refractivity contribution < 1.29 is 34.4 Å². The zero-order chi connectivity index (χ0) is 22.9. The molecule has 2 aliphatic rings. The molecule has 0 radical (unpaired) electrons. The van der Waals surface area contributed by atoms with Crippen LogP contribution in [0.5, 0.6) is 5.75 Å². The second kappa shape index (κ2) is 8.80. The molecule has 8 nitrogen and oxygen atoms in total. The highest BCUT2D eigenvalue weighted by molar-refractivity contribution is 5.71. The summed E-state index contributed by atoms with van der Waals surface area (Å²) in [5, 5.41) is 35.7. The summed E-state index contributed by atoms with van der Waals surface area (Å²) in [7, 11) is 1.36. The maximum atomic E-state index is 10.9. The van der Waals surface area contributed by atoms with Crippen LogP contribution in [0.4, 0.5) is 0 Å². The van der Waals surface area contributed by atoms with E-state index in [1.54, 1.807) is 6.07 Å². The van der Waals surface area contributed by atoms with Gasteiger partial charge in [0.15, 0.2) is 5.60 Å². The van der Waals surface area contributed by atoms with Gasteiger partial charge in [-0.05, 0) is 55.2 Å². The van der Waals surface area contributed by atoms with Gasteiger partial charge < -0.3 is 34.4 Å². The highest BCUT2D eigenvalue weighted by Gasteiger charge is 2.67. The van der Waals surface area contributed by atoms with Crippen LogP contribution in [0.3, 0.4) is 0 Å². The minimum atomic E-state index is -1.64. The summed E-state index contributed by atoms with van der Waals surface area (Å²) in [4.78, 5) is 4.73. The number of nitrogens with zero attached hydrogens (tertiary/aromatic N) is 1. The van der Waals surface area contributed by atoms with E-state index >= 15 is 0 Å². The highest BCUT2D eigenvalue weighted by Crippen LogP contribution is 2.49. The van der Waals surface area contributed by atoms with E-state index in [0.29, 0.717) is 18.6 Å². The van der Waals surface area contributed by atoms with Gasteiger partial charge >= 0.3 is 0 Å². The van der Waals surface area contributed by atoms with Gasteiger partial charge in [0.05, 0.1) is 19.4 Å². The smallest absolute Gasteiger partial charge is 0.225 e. The quantitative estimate of drug-likeness (QED) is 0.441. The number of aryl methyl sites for hydroxylation is 1. The Hall–Kier alpha value is -2.49. The fourth-order valence-corrected chi connectivity index (χ4v) is 4.30. The standard InChI is InChI=1S/C24H29NO7/c1-4-30-19-9-6-16(7-10-19)11-17-12-18(8-5-15(17)2)24-22(28)20(26)21(27)23(32-24,14-31-24)13-25-29-3/h5-10,12-13,20-22,26-28H,4,11,14H2,1-3H3/b25-13+/t20-,21-,22+,23-,24-/m0/s1. The maximum Gasteiger partial charge on any atom is 0.225 e. The molecule has 32 heavy (non-hydrogen) atoms. The average molecular weight is 443 g/mol. The molecule has 0 amide bonds. The first-order valence-corrected chi connectivity index (χ1v) is 10.6. The largest absolute Gasteiger partial charge is 0.494 e. The molecule has 2 bridgehead atoms. The van der Waals surface area contributed by atoms with Crippen LogP contribution in [-0.4, -0.2) is 65.8 Å². The number of aliphatic hydroxyl groups is 3. The van der Waals surface area contributed by atoms with Crippen molar-refractivity contribution >= 4 is 6.21 Å². The Morgan fingerprint density at radius 2 is 1.88 bits per heavy atom. The second-order valence-electron chi connectivity index (χ2n) is 8.21. The molecule has 0 aliphatic carbocycles. The lowest BCUT2D eigenvalue weighted by Gasteiger charge is -2.45. The van der Waals surface area contributed by atoms with Crippen LogP contribution in [0.25, 0.3) is 0 Å². The van der Waals surface area contributed by atoms with Crippen molar-refractivity contribution in [3.63, 3.8) is 0 Å². The van der Waals surface area contributed by atoms with Crippen molar-refractivity contribution in [2.24, 2.45) is 5.16 Å². The van der Waals surface area contributed by atoms with Crippen LogP contribution in [0.2, 0.25) is 0 Å². The lowest BCUT2D eigenvalue weighted by molar-refractivity contribution is -0.312. The summed E-state index contributed by atoms with van der Waals surface area (Å²) in [6.45, 7) is 4.47. The van der Waals surface area contributed by atoms with Gasteiger partial charge in [-0.15, -0.1) is 0 Å². The van der Waals surface area contributed by atoms with Crippen molar-refractivity contribution in [2.45, 2.75) is 50.0 Å². The topological polar surface area (TPSA) is 110 Å². The maximum absolute atomic E-state index is 10.9. The minimum Gasteiger partial charge on any atom is -0.494 e. The van der Waals surface area contributed by atoms with Crippen LogP contribution in [-0.2, 0) is 26.5 Å². The summed E-state index contributed by atoms with van der Waals surface area (Å²) >= 11 is 0. The fraction of sp³-hybridized carbons (Fsp3) is 0.458. The van der Waals surface area contributed by atoms with E-state index in [4.69, 9.17) is 19.0 Å². The van der Waals surface area contributed by atoms with Crippen LogP contribution in [0, 0.1) is 6.92 Å². The molecule has 2 heterocycles. The molecular weight excluding hydrogens is 414 g/mol. The molecule has 2 aliphatic heterocycles. The number of fused-ring (bicyclic) bond motifs is 2. The molecule has 2 aromatic rings. The third-order valence-corrected chi connectivity index (χ3v) is 6.15. The summed E-state index contributed by atoms with van der Waals surface area (Å²) in [6.07, 6.45) is -2.50. The van der Waals surface area contributed by atoms with Crippen LogP contribution in [0.15, 0.2) is 47.6 Å². The molecule has 2 fully saturated rings. The SMILES string of the molecule is CCOc1ccc(Cc2cc([C@]34OC[C@](/C=N/OC)(O3)[C@@H](O)[C@H](O)[C@H]4O)ccc2C)cc1. The molecule has 2 saturated heterocycles. The van der Waals surface area contributed by atoms with Crippen molar-refractivity contribution in [1.82, 2.24) is 0 Å². The van der Waals surface area contributed by atoms with E-state index in [1.165, 1.54) is 13.3 Å². The van der Waals surface area contributed by atoms with Crippen molar-refractivity contribution in [3.05, 3.63) is 64.7 Å². The molecule has 4 rings (SSSR count). The molecule has 8 heteroatoms. The monoisotopic (exact) mass is 443 g/mol. The normalized spacial score (nSPS) is 31.8. The third-order valence-electron chi connectivity index (χ3n) is 6.15. The molecule has 172 valence electrons. The Balaban J connectivity index is 1.67. The zero-order valence-corrected chi connectivity index (χ0v) is 18.4. The molecule has 3 N–H and O–H groups in total. The van der Waals surface area contributed by atoms with Gasteiger partial charge in [0.2, 0.25) is 5.79 Å². The summed E-state index contributed by atoms with van der Waals surface area (Å²) in [6, 6.07) is 13.5. The molecule has 0 spiro atoms. The number of aliphatic hydroxyl groups excluding tert-OH is 3. The van der Waals surface area contributed by atoms with Gasteiger partial charge in [-0.1, -0.05) is 29.4 Å². The van der Waals surface area contributed by atoms with Gasteiger partial charge in [0.25, 0.3) is 0 Å². The lowest BCUT2D eigenvalue weighted by atomic mass is 9.83. The summed E-state index contributed by atoms with van der Waals surface area (Å²) < 4.78 is 17.6. The molecule has 0 aromatic heterocycles. The van der Waals surface area contributed by atoms with Gasteiger partial charge in [0.1, 0.15) is 31.2 Å². The van der Waals surface area contributed by atoms with Crippen molar-refractivity contribution in [3.8, 4) is 5.75 Å². The van der Waals surface area contributed by atoms with E-state index < -0.39 is 29.7 Å². The van der Waals surface area contributed by atoms with Gasteiger partial charge in [-0.2, -0.15) is 0 Å². The number of rotatable bonds is 7. The molecule has 0 saturated carbocycles. The first-order valence-electron chi connectivity index (χ1n) is 10.6. The van der Waals surface area contributed by atoms with Crippen LogP contribution in [0.1, 0.15) is 29.2 Å². The van der Waals surface area contributed by atoms with Crippen molar-refractivity contribution in [1.29, 1.82) is 0 Å². The number of hydrogen-bond acceptors (Lipinski definition) is 8. The summed E-state index contributed by atoms with van der Waals surface area (Å²) in [5.41, 5.74) is 2.30. The Morgan fingerprint density at radius 3 is 2.56 bits per heavy atom. The Kier molecular flexibility index (Phi) is 6.24. The first-order chi connectivity index (χ1) is 15.3. The van der Waals surface area contributed by atoms with Crippen LogP contribution >= 0.6 is 0 Å². The second-order valence-corrected chi connectivity index (χ2v) is 8.21. The third kappa shape index (κ3) is 3.78. The first kappa shape index (κ1) is 22.7. The molecular formula is C24H29NO7. The van der Waals surface area contributed by atoms with E-state index in [2.05, 4.69) is 5.16 Å². The van der Waals surface area contributed by atoms with Gasteiger partial charge in [0, 0.05) is 5.56 Å². The van der Waals surface area contributed by atoms with Gasteiger partial charge in [-0.3, -0.25) is 0 Å². The van der Waals surface area contributed by atoms with E-state index in [1.807, 2.05) is 50.2 Å². The predicted octanol–water partition coefficient (Wildman–Crippen LogP) is 1.65. The highest BCUT2D eigenvalue weighted by atomic mass is 16.8. The molecule has 5 atom stereocenters. The number of hydrogen-bond donors (Lipinski definition) is 3. The van der Waals surface area contributed by atoms with E-state index in [-0.39, 0.29) is 6.61 Å². The van der Waals surface area contributed by atoms with E-state index in [0.717, 1.165) is 22.4 Å². The van der Waals surface area contributed by atoms with E-state index in [9.17, 15) is 15.3 Å². The Morgan fingerprint density at radius 1 is 1.12 bits per heavy atom.